The minimum atomic E-state index is -3.61. The molecular formula is C14H18BrN3O2S. The fourth-order valence-electron chi connectivity index (χ4n) is 2.12. The van der Waals surface area contributed by atoms with Gasteiger partial charge in [0.2, 0.25) is 0 Å². The Bertz CT molecular complexity index is 749. The molecule has 0 bridgehead atoms. The molecule has 21 heavy (non-hydrogen) atoms. The molecule has 0 unspecified atom stereocenters. The number of sulfonamides is 1. The maximum atomic E-state index is 12.4. The number of nitrogens with one attached hydrogen (secondary N) is 1. The van der Waals surface area contributed by atoms with Gasteiger partial charge in [-0.25, -0.2) is 8.42 Å². The Labute approximate surface area is 133 Å². The van der Waals surface area contributed by atoms with Gasteiger partial charge in [-0.1, -0.05) is 15.9 Å². The second-order valence-electron chi connectivity index (χ2n) is 5.14. The third-order valence-electron chi connectivity index (χ3n) is 3.17. The van der Waals surface area contributed by atoms with Crippen LogP contribution in [0.4, 0.5) is 5.69 Å². The lowest BCUT2D eigenvalue weighted by Gasteiger charge is -2.10. The van der Waals surface area contributed by atoms with Crippen LogP contribution in [0.2, 0.25) is 0 Å². The van der Waals surface area contributed by atoms with E-state index in [0.29, 0.717) is 11.4 Å². The molecule has 0 aliphatic heterocycles. The lowest BCUT2D eigenvalue weighted by Crippen LogP contribution is -2.14. The van der Waals surface area contributed by atoms with Crippen LogP contribution in [0.1, 0.15) is 31.3 Å². The highest BCUT2D eigenvalue weighted by Crippen LogP contribution is 2.25. The average molecular weight is 372 g/mol. The van der Waals surface area contributed by atoms with Crippen LogP contribution in [0.25, 0.3) is 0 Å². The molecule has 1 heterocycles. The van der Waals surface area contributed by atoms with Crippen molar-refractivity contribution in [3.05, 3.63) is 40.1 Å². The van der Waals surface area contributed by atoms with E-state index >= 15 is 0 Å². The van der Waals surface area contributed by atoms with Gasteiger partial charge in [-0.2, -0.15) is 5.10 Å². The van der Waals surface area contributed by atoms with E-state index in [4.69, 9.17) is 0 Å². The third-order valence-corrected chi connectivity index (χ3v) is 5.07. The van der Waals surface area contributed by atoms with Crippen molar-refractivity contribution in [2.75, 3.05) is 4.72 Å². The normalized spacial score (nSPS) is 11.9. The maximum Gasteiger partial charge on any atom is 0.262 e. The summed E-state index contributed by atoms with van der Waals surface area (Å²) in [6.45, 7) is 7.67. The fourth-order valence-corrected chi connectivity index (χ4v) is 3.56. The first-order valence-corrected chi connectivity index (χ1v) is 8.84. The zero-order valence-corrected chi connectivity index (χ0v) is 14.8. The van der Waals surface area contributed by atoms with E-state index in [2.05, 4.69) is 25.8 Å². The third kappa shape index (κ3) is 3.29. The first kappa shape index (κ1) is 16.0. The molecule has 7 heteroatoms. The molecule has 0 fully saturated rings. The molecule has 1 aromatic heterocycles. The predicted molar refractivity (Wildman–Crippen MR) is 87.0 cm³/mol. The van der Waals surface area contributed by atoms with E-state index in [1.165, 1.54) is 0 Å². The van der Waals surface area contributed by atoms with Crippen LogP contribution in [0, 0.1) is 13.8 Å². The smallest absolute Gasteiger partial charge is 0.262 e. The summed E-state index contributed by atoms with van der Waals surface area (Å²) >= 11 is 3.29. The van der Waals surface area contributed by atoms with Crippen molar-refractivity contribution in [2.45, 2.75) is 38.6 Å². The largest absolute Gasteiger partial charge is 0.276 e. The summed E-state index contributed by atoms with van der Waals surface area (Å²) < 4.78 is 30.2. The van der Waals surface area contributed by atoms with Crippen LogP contribution in [0.15, 0.2) is 33.6 Å². The van der Waals surface area contributed by atoms with Gasteiger partial charge in [-0.05, 0) is 52.0 Å². The first-order valence-electron chi connectivity index (χ1n) is 6.56. The highest BCUT2D eigenvalue weighted by Gasteiger charge is 2.20. The molecule has 114 valence electrons. The molecule has 0 aliphatic rings. The molecule has 0 atom stereocenters. The van der Waals surface area contributed by atoms with Crippen LogP contribution in [-0.4, -0.2) is 18.2 Å². The van der Waals surface area contributed by atoms with Gasteiger partial charge in [0.15, 0.2) is 0 Å². The molecule has 0 spiro atoms. The topological polar surface area (TPSA) is 64.0 Å². The first-order chi connectivity index (χ1) is 9.72. The number of anilines is 1. The number of aromatic nitrogens is 2. The molecule has 2 rings (SSSR count). The molecule has 2 aromatic rings. The minimum Gasteiger partial charge on any atom is -0.276 e. The number of nitrogens with zero attached hydrogens (tertiary/aromatic N) is 2. The number of aryl methyl sites for hydroxylation is 1. The highest BCUT2D eigenvalue weighted by atomic mass is 79.9. The lowest BCUT2D eigenvalue weighted by atomic mass is 10.3. The molecule has 0 amide bonds. The predicted octanol–water partition coefficient (Wildman–Crippen LogP) is 3.64. The van der Waals surface area contributed by atoms with Crippen molar-refractivity contribution in [3.8, 4) is 0 Å². The summed E-state index contributed by atoms with van der Waals surface area (Å²) in [5.41, 5.74) is 2.02. The standard InChI is InChI=1S/C14H18BrN3O2S/c1-9(2)18-11(4)14(10(3)16-18)17-21(19,20)13-7-5-12(15)6-8-13/h5-9,17H,1-4H3. The van der Waals surface area contributed by atoms with Crippen molar-refractivity contribution in [2.24, 2.45) is 0 Å². The Morgan fingerprint density at radius 1 is 1.19 bits per heavy atom. The minimum absolute atomic E-state index is 0.176. The van der Waals surface area contributed by atoms with Gasteiger partial charge in [-0.15, -0.1) is 0 Å². The maximum absolute atomic E-state index is 12.4. The summed E-state index contributed by atoms with van der Waals surface area (Å²) in [5, 5.41) is 4.38. The summed E-state index contributed by atoms with van der Waals surface area (Å²) in [7, 11) is -3.61. The van der Waals surface area contributed by atoms with Crippen LogP contribution >= 0.6 is 15.9 Å². The Kier molecular flexibility index (Phi) is 4.43. The van der Waals surface area contributed by atoms with Crippen LogP contribution < -0.4 is 4.72 Å². The molecule has 0 radical (unpaired) electrons. The SMILES string of the molecule is Cc1nn(C(C)C)c(C)c1NS(=O)(=O)c1ccc(Br)cc1. The Morgan fingerprint density at radius 2 is 1.76 bits per heavy atom. The number of hydrogen-bond acceptors (Lipinski definition) is 3. The van der Waals surface area contributed by atoms with Crippen molar-refractivity contribution in [1.29, 1.82) is 0 Å². The Morgan fingerprint density at radius 3 is 2.24 bits per heavy atom. The lowest BCUT2D eigenvalue weighted by molar-refractivity contribution is 0.516. The van der Waals surface area contributed by atoms with E-state index in [-0.39, 0.29) is 10.9 Å². The van der Waals surface area contributed by atoms with Crippen molar-refractivity contribution in [3.63, 3.8) is 0 Å². The second-order valence-corrected chi connectivity index (χ2v) is 7.74. The molecule has 5 nitrogen and oxygen atoms in total. The van der Waals surface area contributed by atoms with E-state index in [1.54, 1.807) is 31.2 Å². The molecule has 1 N–H and O–H groups in total. The zero-order valence-electron chi connectivity index (χ0n) is 12.4. The van der Waals surface area contributed by atoms with Crippen LogP contribution in [0.3, 0.4) is 0 Å². The van der Waals surface area contributed by atoms with Gasteiger partial charge in [-0.3, -0.25) is 9.40 Å². The van der Waals surface area contributed by atoms with E-state index < -0.39 is 10.0 Å². The summed E-state index contributed by atoms with van der Waals surface area (Å²) in [6.07, 6.45) is 0. The fraction of sp³-hybridized carbons (Fsp3) is 0.357. The summed E-state index contributed by atoms with van der Waals surface area (Å²) in [4.78, 5) is 0.224. The van der Waals surface area contributed by atoms with Gasteiger partial charge >= 0.3 is 0 Å². The second kappa shape index (κ2) is 5.81. The van der Waals surface area contributed by atoms with Gasteiger partial charge in [0.25, 0.3) is 10.0 Å². The summed E-state index contributed by atoms with van der Waals surface area (Å²) in [6, 6.07) is 6.69. The number of hydrogen-bond donors (Lipinski definition) is 1. The van der Waals surface area contributed by atoms with Gasteiger partial charge in [0, 0.05) is 10.5 Å². The van der Waals surface area contributed by atoms with Crippen molar-refractivity contribution in [1.82, 2.24) is 9.78 Å². The van der Waals surface area contributed by atoms with Crippen molar-refractivity contribution >= 4 is 31.6 Å². The Balaban J connectivity index is 2.39. The number of benzene rings is 1. The van der Waals surface area contributed by atoms with Crippen LogP contribution in [-0.2, 0) is 10.0 Å². The zero-order chi connectivity index (χ0) is 15.8. The van der Waals surface area contributed by atoms with Gasteiger partial charge in [0.1, 0.15) is 0 Å². The number of halogens is 1. The number of rotatable bonds is 4. The molecule has 0 saturated carbocycles. The quantitative estimate of drug-likeness (QED) is 0.891. The van der Waals surface area contributed by atoms with E-state index in [0.717, 1.165) is 10.2 Å². The highest BCUT2D eigenvalue weighted by molar-refractivity contribution is 9.10. The van der Waals surface area contributed by atoms with Gasteiger partial charge in [0.05, 0.1) is 22.0 Å². The monoisotopic (exact) mass is 371 g/mol. The molecule has 0 saturated heterocycles. The average Bonchev–Trinajstić information content (AvgIpc) is 2.67. The van der Waals surface area contributed by atoms with Gasteiger partial charge < -0.3 is 0 Å². The van der Waals surface area contributed by atoms with E-state index in [9.17, 15) is 8.42 Å². The summed E-state index contributed by atoms with van der Waals surface area (Å²) in [5.74, 6) is 0. The van der Waals surface area contributed by atoms with E-state index in [1.807, 2.05) is 25.5 Å². The Hall–Kier alpha value is -1.34. The molecular weight excluding hydrogens is 354 g/mol. The molecule has 0 aliphatic carbocycles. The van der Waals surface area contributed by atoms with Crippen molar-refractivity contribution < 1.29 is 8.42 Å². The van der Waals surface area contributed by atoms with Crippen LogP contribution in [0.5, 0.6) is 0 Å². The molecule has 1 aromatic carbocycles.